The quantitative estimate of drug-likeness (QED) is 0.648. The monoisotopic (exact) mass is 320 g/mol. The molecule has 1 aromatic carbocycles. The van der Waals surface area contributed by atoms with Crippen molar-refractivity contribution in [2.45, 2.75) is 4.90 Å². The lowest BCUT2D eigenvalue weighted by molar-refractivity contribution is 0.301. The van der Waals surface area contributed by atoms with E-state index in [0.29, 0.717) is 0 Å². The summed E-state index contributed by atoms with van der Waals surface area (Å²) in [6, 6.07) is 3.63. The molecule has 0 aliphatic heterocycles. The third-order valence-electron chi connectivity index (χ3n) is 1.54. The van der Waals surface area contributed by atoms with Gasteiger partial charge in [-0.25, -0.2) is 0 Å². The average molecular weight is 321 g/mol. The Morgan fingerprint density at radius 2 is 1.88 bits per heavy atom. The van der Waals surface area contributed by atoms with Crippen molar-refractivity contribution >= 4 is 40.9 Å². The summed E-state index contributed by atoms with van der Waals surface area (Å²) in [5, 5.41) is -0.0483. The van der Waals surface area contributed by atoms with E-state index in [1.807, 2.05) is 0 Å². The minimum Gasteiger partial charge on any atom is -0.323 e. The van der Waals surface area contributed by atoms with Gasteiger partial charge in [0.1, 0.15) is 4.90 Å². The molecule has 0 aromatic heterocycles. The molecule has 1 rings (SSSR count). The molecule has 0 radical (unpaired) electrons. The number of rotatable bonds is 4. The Kier molecular flexibility index (Phi) is 4.60. The first kappa shape index (κ1) is 14.9. The molecule has 0 fully saturated rings. The highest BCUT2D eigenvalue weighted by Gasteiger charge is 2.24. The summed E-state index contributed by atoms with van der Waals surface area (Å²) in [5.41, 5.74) is 0. The van der Waals surface area contributed by atoms with Crippen LogP contribution in [0.2, 0.25) is 10.0 Å². The van der Waals surface area contributed by atoms with Crippen molar-refractivity contribution in [3.8, 4) is 0 Å². The molecule has 0 aliphatic carbocycles. The van der Waals surface area contributed by atoms with E-state index in [1.54, 1.807) is 0 Å². The minimum absolute atomic E-state index is 0.104. The van der Waals surface area contributed by atoms with Crippen LogP contribution in [0.3, 0.4) is 0 Å². The molecule has 0 atom stereocenters. The van der Waals surface area contributed by atoms with Gasteiger partial charge in [-0.2, -0.15) is 8.42 Å². The van der Waals surface area contributed by atoms with E-state index >= 15 is 0 Å². The second kappa shape index (κ2) is 5.24. The second-order valence-electron chi connectivity index (χ2n) is 2.94. The van der Waals surface area contributed by atoms with Gasteiger partial charge in [-0.15, -0.1) is 0 Å². The maximum Gasteiger partial charge on any atom is 0.352 e. The molecule has 2 N–H and O–H groups in total. The molecule has 96 valence electrons. The molecule has 0 saturated heterocycles. The molecule has 0 saturated carbocycles. The van der Waals surface area contributed by atoms with E-state index in [9.17, 15) is 13.0 Å². The minimum atomic E-state index is -4.59. The number of hydrogen-bond donors (Lipinski definition) is 2. The van der Waals surface area contributed by atoms with Crippen LogP contribution >= 0.6 is 30.8 Å². The van der Waals surface area contributed by atoms with Crippen LogP contribution in [-0.2, 0) is 18.9 Å². The van der Waals surface area contributed by atoms with E-state index in [-0.39, 0.29) is 10.0 Å². The molecule has 6 nitrogen and oxygen atoms in total. The van der Waals surface area contributed by atoms with Crippen LogP contribution in [0.5, 0.6) is 0 Å². The molecule has 0 aliphatic rings. The molecule has 10 heteroatoms. The van der Waals surface area contributed by atoms with Crippen molar-refractivity contribution < 1.29 is 27.0 Å². The van der Waals surface area contributed by atoms with Gasteiger partial charge < -0.3 is 9.79 Å². The van der Waals surface area contributed by atoms with Crippen molar-refractivity contribution in [1.29, 1.82) is 0 Å². The molecule has 0 amide bonds. The maximum atomic E-state index is 11.5. The molecular formula is C7H7Cl2O6PS. The largest absolute Gasteiger partial charge is 0.352 e. The summed E-state index contributed by atoms with van der Waals surface area (Å²) in [7, 11) is -8.94. The van der Waals surface area contributed by atoms with Crippen LogP contribution in [0.15, 0.2) is 23.1 Å². The Morgan fingerprint density at radius 1 is 1.29 bits per heavy atom. The van der Waals surface area contributed by atoms with Crippen molar-refractivity contribution in [3.63, 3.8) is 0 Å². The van der Waals surface area contributed by atoms with Gasteiger partial charge in [-0.05, 0) is 18.2 Å². The molecule has 1 aromatic rings. The van der Waals surface area contributed by atoms with Crippen LogP contribution in [0, 0.1) is 0 Å². The third kappa shape index (κ3) is 4.56. The highest BCUT2D eigenvalue weighted by molar-refractivity contribution is 7.87. The van der Waals surface area contributed by atoms with Gasteiger partial charge >= 0.3 is 7.60 Å². The lowest BCUT2D eigenvalue weighted by Gasteiger charge is -2.08. The highest BCUT2D eigenvalue weighted by atomic mass is 35.5. The Labute approximate surface area is 107 Å². The Bertz CT molecular complexity index is 566. The first-order valence-electron chi connectivity index (χ1n) is 4.01. The second-order valence-corrected chi connectivity index (χ2v) is 6.96. The smallest absolute Gasteiger partial charge is 0.323 e. The standard InChI is InChI=1S/C7H7Cl2O6PS/c8-5-1-2-6(9)7(3-5)17(13,14)15-4-16(10,11)12/h1-3H,4H2,(H2,10,11,12). The first-order chi connectivity index (χ1) is 7.62. The van der Waals surface area contributed by atoms with E-state index in [4.69, 9.17) is 33.0 Å². The SMILES string of the molecule is O=P(O)(O)COS(=O)(=O)c1cc(Cl)ccc1Cl. The summed E-state index contributed by atoms with van der Waals surface area (Å²) in [6.07, 6.45) is -1.25. The topological polar surface area (TPSA) is 101 Å². The van der Waals surface area contributed by atoms with Gasteiger partial charge in [0.2, 0.25) is 0 Å². The van der Waals surface area contributed by atoms with Gasteiger partial charge in [0.05, 0.1) is 5.02 Å². The lowest BCUT2D eigenvalue weighted by Crippen LogP contribution is -2.08. The van der Waals surface area contributed by atoms with E-state index in [0.717, 1.165) is 6.07 Å². The fraction of sp³-hybridized carbons (Fsp3) is 0.143. The van der Waals surface area contributed by atoms with Gasteiger partial charge in [0, 0.05) is 5.02 Å². The average Bonchev–Trinajstić information content (AvgIpc) is 2.18. The van der Waals surface area contributed by atoms with Crippen molar-refractivity contribution in [2.24, 2.45) is 0 Å². The zero-order valence-electron chi connectivity index (χ0n) is 8.08. The molecule has 0 heterocycles. The maximum absolute atomic E-state index is 11.5. The molecule has 0 bridgehead atoms. The highest BCUT2D eigenvalue weighted by Crippen LogP contribution is 2.36. The Morgan fingerprint density at radius 3 is 2.41 bits per heavy atom. The molecule has 0 unspecified atom stereocenters. The van der Waals surface area contributed by atoms with E-state index < -0.39 is 29.0 Å². The predicted molar refractivity (Wildman–Crippen MR) is 61.6 cm³/mol. The predicted octanol–water partition coefficient (Wildman–Crippen LogP) is 1.83. The summed E-state index contributed by atoms with van der Waals surface area (Å²) in [5.74, 6) is 0. The van der Waals surface area contributed by atoms with Crippen molar-refractivity contribution in [3.05, 3.63) is 28.2 Å². The van der Waals surface area contributed by atoms with Crippen LogP contribution in [0.4, 0.5) is 0 Å². The third-order valence-corrected chi connectivity index (χ3v) is 4.16. The van der Waals surface area contributed by atoms with Gasteiger partial charge in [0.15, 0.2) is 6.35 Å². The van der Waals surface area contributed by atoms with Crippen molar-refractivity contribution in [2.75, 3.05) is 6.35 Å². The Balaban J connectivity index is 3.06. The number of halogens is 2. The van der Waals surface area contributed by atoms with E-state index in [1.165, 1.54) is 12.1 Å². The molecule has 0 spiro atoms. The summed E-state index contributed by atoms with van der Waals surface area (Å²) >= 11 is 11.2. The number of hydrogen-bond acceptors (Lipinski definition) is 4. The summed E-state index contributed by atoms with van der Waals surface area (Å²) < 4.78 is 37.8. The molecular weight excluding hydrogens is 314 g/mol. The number of benzene rings is 1. The van der Waals surface area contributed by atoms with Gasteiger partial charge in [-0.3, -0.25) is 8.75 Å². The fourth-order valence-corrected chi connectivity index (χ4v) is 3.32. The van der Waals surface area contributed by atoms with Gasteiger partial charge in [-0.1, -0.05) is 23.2 Å². The van der Waals surface area contributed by atoms with Gasteiger partial charge in [0.25, 0.3) is 10.1 Å². The van der Waals surface area contributed by atoms with Crippen molar-refractivity contribution in [1.82, 2.24) is 0 Å². The van der Waals surface area contributed by atoms with Crippen LogP contribution in [-0.4, -0.2) is 24.6 Å². The zero-order chi connectivity index (χ0) is 13.3. The van der Waals surface area contributed by atoms with Crippen LogP contribution in [0.1, 0.15) is 0 Å². The Hall–Kier alpha value is -0.140. The van der Waals surface area contributed by atoms with Crippen LogP contribution < -0.4 is 0 Å². The molecule has 17 heavy (non-hydrogen) atoms. The van der Waals surface area contributed by atoms with E-state index in [2.05, 4.69) is 4.18 Å². The normalized spacial score (nSPS) is 12.7. The zero-order valence-corrected chi connectivity index (χ0v) is 11.3. The first-order valence-corrected chi connectivity index (χ1v) is 7.97. The lowest BCUT2D eigenvalue weighted by atomic mass is 10.4. The fourth-order valence-electron chi connectivity index (χ4n) is 0.870. The van der Waals surface area contributed by atoms with Crippen LogP contribution in [0.25, 0.3) is 0 Å². The summed E-state index contributed by atoms with van der Waals surface area (Å²) in [6.45, 7) is 0. The summed E-state index contributed by atoms with van der Waals surface area (Å²) in [4.78, 5) is 16.6.